The molecule has 8 nitrogen and oxygen atoms in total. The minimum Gasteiger partial charge on any atom is -0.481 e. The Morgan fingerprint density at radius 2 is 1.44 bits per heavy atom. The fourth-order valence-corrected chi connectivity index (χ4v) is 6.58. The van der Waals surface area contributed by atoms with Gasteiger partial charge in [0.2, 0.25) is 15.9 Å². The Morgan fingerprint density at radius 3 is 1.98 bits per heavy atom. The van der Waals surface area contributed by atoms with E-state index in [2.05, 4.69) is 10.0 Å². The SMILES string of the molecule is CC(C)(O)[C@@H](NC(=O)[C@H]1CC[C@H](NS(=O)(=O)c2ccc(-c3ccc(CCC(=O)O)cc3)cc2)CC1)c1ccccc1. The third-order valence-corrected chi connectivity index (χ3v) is 9.16. The number of carbonyl (C=O) groups excluding carboxylic acids is 1. The maximum atomic E-state index is 13.1. The molecule has 1 amide bonds. The molecule has 1 atom stereocenters. The summed E-state index contributed by atoms with van der Waals surface area (Å²) in [5, 5.41) is 22.5. The molecule has 1 aliphatic carbocycles. The Hall–Kier alpha value is -3.53. The number of carboxylic acids is 1. The van der Waals surface area contributed by atoms with Gasteiger partial charge < -0.3 is 15.5 Å². The third kappa shape index (κ3) is 8.25. The van der Waals surface area contributed by atoms with Crippen molar-refractivity contribution < 1.29 is 28.2 Å². The highest BCUT2D eigenvalue weighted by molar-refractivity contribution is 7.89. The Kier molecular flexibility index (Phi) is 9.63. The minimum absolute atomic E-state index is 0.0739. The summed E-state index contributed by atoms with van der Waals surface area (Å²) in [6.45, 7) is 3.34. The van der Waals surface area contributed by atoms with E-state index >= 15 is 0 Å². The zero-order valence-corrected chi connectivity index (χ0v) is 24.2. The van der Waals surface area contributed by atoms with Gasteiger partial charge in [-0.2, -0.15) is 0 Å². The first kappa shape index (κ1) is 30.4. The molecule has 0 aliphatic heterocycles. The third-order valence-electron chi connectivity index (χ3n) is 7.63. The highest BCUT2D eigenvalue weighted by Gasteiger charge is 2.34. The first-order valence-electron chi connectivity index (χ1n) is 13.9. The largest absolute Gasteiger partial charge is 0.481 e. The number of benzene rings is 3. The van der Waals surface area contributed by atoms with Gasteiger partial charge in [0, 0.05) is 18.4 Å². The maximum absolute atomic E-state index is 13.1. The van der Waals surface area contributed by atoms with Crippen molar-refractivity contribution >= 4 is 21.9 Å². The van der Waals surface area contributed by atoms with E-state index in [1.165, 1.54) is 0 Å². The van der Waals surface area contributed by atoms with E-state index in [9.17, 15) is 23.1 Å². The van der Waals surface area contributed by atoms with E-state index < -0.39 is 27.6 Å². The summed E-state index contributed by atoms with van der Waals surface area (Å²) in [4.78, 5) is 24.0. The van der Waals surface area contributed by atoms with Gasteiger partial charge in [-0.25, -0.2) is 13.1 Å². The minimum atomic E-state index is -3.73. The molecule has 0 spiro atoms. The molecule has 0 saturated heterocycles. The second kappa shape index (κ2) is 13.0. The molecule has 1 fully saturated rings. The van der Waals surface area contributed by atoms with Crippen molar-refractivity contribution in [2.75, 3.05) is 0 Å². The number of amides is 1. The first-order chi connectivity index (χ1) is 19.4. The van der Waals surface area contributed by atoms with Crippen molar-refractivity contribution in [1.82, 2.24) is 10.0 Å². The normalized spacial score (nSPS) is 18.4. The lowest BCUT2D eigenvalue weighted by molar-refractivity contribution is -0.137. The summed E-state index contributed by atoms with van der Waals surface area (Å²) in [6.07, 6.45) is 2.72. The van der Waals surface area contributed by atoms with Gasteiger partial charge in [-0.1, -0.05) is 66.7 Å². The van der Waals surface area contributed by atoms with Crippen molar-refractivity contribution in [3.63, 3.8) is 0 Å². The Bertz CT molecular complexity index is 1420. The van der Waals surface area contributed by atoms with Gasteiger partial charge in [-0.05, 0) is 80.3 Å². The van der Waals surface area contributed by atoms with Crippen LogP contribution in [0.1, 0.15) is 63.1 Å². The summed E-state index contributed by atoms with van der Waals surface area (Å²) < 4.78 is 29.0. The van der Waals surface area contributed by atoms with Crippen LogP contribution in [-0.4, -0.2) is 42.2 Å². The quantitative estimate of drug-likeness (QED) is 0.258. The van der Waals surface area contributed by atoms with Crippen LogP contribution in [0.25, 0.3) is 11.1 Å². The van der Waals surface area contributed by atoms with E-state index in [4.69, 9.17) is 5.11 Å². The lowest BCUT2D eigenvalue weighted by atomic mass is 9.84. The van der Waals surface area contributed by atoms with Crippen LogP contribution in [0.15, 0.2) is 83.8 Å². The van der Waals surface area contributed by atoms with Crippen molar-refractivity contribution in [2.45, 2.75) is 75.0 Å². The second-order valence-corrected chi connectivity index (χ2v) is 13.0. The van der Waals surface area contributed by atoms with E-state index in [0.29, 0.717) is 32.1 Å². The zero-order chi connectivity index (χ0) is 29.6. The Morgan fingerprint density at radius 1 is 0.878 bits per heavy atom. The predicted octanol–water partition coefficient (Wildman–Crippen LogP) is 4.84. The van der Waals surface area contributed by atoms with Crippen LogP contribution in [0, 0.1) is 5.92 Å². The summed E-state index contributed by atoms with van der Waals surface area (Å²) in [5.74, 6) is -1.22. The van der Waals surface area contributed by atoms with Crippen molar-refractivity contribution in [2.24, 2.45) is 5.92 Å². The number of hydrogen-bond donors (Lipinski definition) is 4. The summed E-state index contributed by atoms with van der Waals surface area (Å²) >= 11 is 0. The molecule has 1 saturated carbocycles. The molecule has 4 N–H and O–H groups in total. The smallest absolute Gasteiger partial charge is 0.303 e. The molecule has 218 valence electrons. The van der Waals surface area contributed by atoms with Crippen LogP contribution in [-0.2, 0) is 26.0 Å². The number of aliphatic hydroxyl groups is 1. The Balaban J connectivity index is 1.31. The van der Waals surface area contributed by atoms with Gasteiger partial charge in [0.05, 0.1) is 16.5 Å². The molecule has 3 aromatic carbocycles. The number of carbonyl (C=O) groups is 2. The number of carboxylic acid groups (broad SMARTS) is 1. The van der Waals surface area contributed by atoms with Crippen LogP contribution in [0.4, 0.5) is 0 Å². The molecule has 0 bridgehead atoms. The van der Waals surface area contributed by atoms with Crippen LogP contribution in [0.2, 0.25) is 0 Å². The van der Waals surface area contributed by atoms with E-state index in [1.807, 2.05) is 54.6 Å². The first-order valence-corrected chi connectivity index (χ1v) is 15.4. The molecule has 0 unspecified atom stereocenters. The van der Waals surface area contributed by atoms with Gasteiger partial charge in [0.15, 0.2) is 0 Å². The molecule has 41 heavy (non-hydrogen) atoms. The maximum Gasteiger partial charge on any atom is 0.303 e. The molecule has 0 radical (unpaired) electrons. The summed E-state index contributed by atoms with van der Waals surface area (Å²) in [6, 6.07) is 22.8. The van der Waals surface area contributed by atoms with Crippen LogP contribution in [0.3, 0.4) is 0 Å². The van der Waals surface area contributed by atoms with Gasteiger partial charge in [-0.3, -0.25) is 9.59 Å². The number of hydrogen-bond acceptors (Lipinski definition) is 5. The van der Waals surface area contributed by atoms with Crippen LogP contribution >= 0.6 is 0 Å². The number of rotatable bonds is 11. The zero-order valence-electron chi connectivity index (χ0n) is 23.4. The fourth-order valence-electron chi connectivity index (χ4n) is 5.28. The fraction of sp³-hybridized carbons (Fsp3) is 0.375. The molecule has 0 aromatic heterocycles. The van der Waals surface area contributed by atoms with Crippen LogP contribution in [0.5, 0.6) is 0 Å². The topological polar surface area (TPSA) is 133 Å². The van der Waals surface area contributed by atoms with E-state index in [-0.39, 0.29) is 29.2 Å². The highest BCUT2D eigenvalue weighted by atomic mass is 32.2. The van der Waals surface area contributed by atoms with E-state index in [1.54, 1.807) is 38.1 Å². The Labute approximate surface area is 241 Å². The second-order valence-electron chi connectivity index (χ2n) is 11.3. The molecular formula is C32H38N2O6S. The van der Waals surface area contributed by atoms with Crippen LogP contribution < -0.4 is 10.0 Å². The van der Waals surface area contributed by atoms with Gasteiger partial charge in [-0.15, -0.1) is 0 Å². The van der Waals surface area contributed by atoms with Crippen molar-refractivity contribution in [3.05, 3.63) is 90.0 Å². The molecular weight excluding hydrogens is 540 g/mol. The lowest BCUT2D eigenvalue weighted by Gasteiger charge is -2.34. The van der Waals surface area contributed by atoms with Gasteiger partial charge >= 0.3 is 5.97 Å². The average molecular weight is 579 g/mol. The lowest BCUT2D eigenvalue weighted by Crippen LogP contribution is -2.46. The van der Waals surface area contributed by atoms with Gasteiger partial charge in [0.1, 0.15) is 0 Å². The molecule has 9 heteroatoms. The van der Waals surface area contributed by atoms with Crippen molar-refractivity contribution in [3.8, 4) is 11.1 Å². The average Bonchev–Trinajstić information content (AvgIpc) is 2.95. The standard InChI is InChI=1S/C32H38N2O6S/c1-32(2,38)30(25-6-4-3-5-7-25)33-31(37)26-13-17-27(18-14-26)34-41(39,40)28-19-15-24(16-20-28)23-11-8-22(9-12-23)10-21-29(35)36/h3-9,11-12,15-16,19-20,26-27,30,34,38H,10,13-14,17-18,21H2,1-2H3,(H,33,37)(H,35,36)/t26-,27-,30-/m0/s1. The molecule has 0 heterocycles. The predicted molar refractivity (Wildman–Crippen MR) is 158 cm³/mol. The van der Waals surface area contributed by atoms with E-state index in [0.717, 1.165) is 22.3 Å². The number of aliphatic carboxylic acids is 1. The monoisotopic (exact) mass is 578 g/mol. The molecule has 3 aromatic rings. The number of aryl methyl sites for hydroxylation is 1. The summed E-state index contributed by atoms with van der Waals surface area (Å²) in [7, 11) is -3.73. The molecule has 4 rings (SSSR count). The molecule has 1 aliphatic rings. The summed E-state index contributed by atoms with van der Waals surface area (Å²) in [5.41, 5.74) is 2.38. The number of sulfonamides is 1. The van der Waals surface area contributed by atoms with Crippen molar-refractivity contribution in [1.29, 1.82) is 0 Å². The van der Waals surface area contributed by atoms with Gasteiger partial charge in [0.25, 0.3) is 0 Å². The highest BCUT2D eigenvalue weighted by Crippen LogP contribution is 2.30. The number of nitrogens with one attached hydrogen (secondary N) is 2.